The molecule has 2 nitrogen and oxygen atoms in total. The highest BCUT2D eigenvalue weighted by Crippen LogP contribution is 2.36. The van der Waals surface area contributed by atoms with Gasteiger partial charge in [-0.2, -0.15) is 0 Å². The Morgan fingerprint density at radius 2 is 1.67 bits per heavy atom. The quantitative estimate of drug-likeness (QED) is 0.840. The Hall–Kier alpha value is -2.35. The lowest BCUT2D eigenvalue weighted by Crippen LogP contribution is -2.12. The standard InChI is InChI=1S/C19H18O2/c1-21-19-9-7-15(8-10-19)17-11-16(12-18(20)13-17)14-5-3-2-4-6-14/h2-10,13,16H,11-12H2,1H3/t16-/m0/s1. The smallest absolute Gasteiger partial charge is 0.156 e. The highest BCUT2D eigenvalue weighted by molar-refractivity contribution is 5.99. The van der Waals surface area contributed by atoms with Crippen molar-refractivity contribution < 1.29 is 9.53 Å². The molecule has 1 aliphatic carbocycles. The Balaban J connectivity index is 1.86. The Kier molecular flexibility index (Phi) is 3.87. The molecule has 0 radical (unpaired) electrons. The predicted octanol–water partition coefficient (Wildman–Crippen LogP) is 4.23. The maximum Gasteiger partial charge on any atom is 0.156 e. The molecule has 1 aliphatic rings. The first kappa shape index (κ1) is 13.6. The average Bonchev–Trinajstić information content (AvgIpc) is 2.55. The lowest BCUT2D eigenvalue weighted by molar-refractivity contribution is -0.115. The molecule has 0 heterocycles. The van der Waals surface area contributed by atoms with E-state index in [1.165, 1.54) is 5.56 Å². The SMILES string of the molecule is COc1ccc(C2=CC(=O)C[C@@H](c3ccccc3)C2)cc1. The lowest BCUT2D eigenvalue weighted by Gasteiger charge is -2.22. The second kappa shape index (κ2) is 5.96. The van der Waals surface area contributed by atoms with E-state index in [2.05, 4.69) is 12.1 Å². The van der Waals surface area contributed by atoms with E-state index in [0.29, 0.717) is 6.42 Å². The van der Waals surface area contributed by atoms with Gasteiger partial charge in [-0.1, -0.05) is 42.5 Å². The summed E-state index contributed by atoms with van der Waals surface area (Å²) < 4.78 is 5.18. The minimum absolute atomic E-state index is 0.209. The van der Waals surface area contributed by atoms with Gasteiger partial charge >= 0.3 is 0 Å². The molecule has 3 rings (SSSR count). The van der Waals surface area contributed by atoms with E-state index in [1.54, 1.807) is 13.2 Å². The van der Waals surface area contributed by atoms with E-state index in [-0.39, 0.29) is 11.7 Å². The second-order valence-electron chi connectivity index (χ2n) is 5.38. The summed E-state index contributed by atoms with van der Waals surface area (Å²) in [6.45, 7) is 0. The van der Waals surface area contributed by atoms with Gasteiger partial charge in [0.2, 0.25) is 0 Å². The third kappa shape index (κ3) is 3.05. The summed E-state index contributed by atoms with van der Waals surface area (Å²) in [7, 11) is 1.66. The molecule has 0 saturated heterocycles. The molecule has 0 N–H and O–H groups in total. The van der Waals surface area contributed by atoms with Gasteiger partial charge in [-0.25, -0.2) is 0 Å². The van der Waals surface area contributed by atoms with Crippen LogP contribution in [0.4, 0.5) is 0 Å². The summed E-state index contributed by atoms with van der Waals surface area (Å²) in [5.41, 5.74) is 3.46. The number of allylic oxidation sites excluding steroid dienone is 2. The first-order valence-corrected chi connectivity index (χ1v) is 7.19. The Labute approximate surface area is 125 Å². The van der Waals surface area contributed by atoms with Crippen LogP contribution in [0.3, 0.4) is 0 Å². The van der Waals surface area contributed by atoms with Crippen molar-refractivity contribution in [2.24, 2.45) is 0 Å². The van der Waals surface area contributed by atoms with E-state index in [9.17, 15) is 4.79 Å². The van der Waals surface area contributed by atoms with Crippen molar-refractivity contribution in [2.75, 3.05) is 7.11 Å². The highest BCUT2D eigenvalue weighted by Gasteiger charge is 2.22. The molecule has 0 saturated carbocycles. The molecule has 0 spiro atoms. The first-order valence-electron chi connectivity index (χ1n) is 7.19. The normalized spacial score (nSPS) is 18.2. The fourth-order valence-electron chi connectivity index (χ4n) is 2.86. The predicted molar refractivity (Wildman–Crippen MR) is 84.4 cm³/mol. The van der Waals surface area contributed by atoms with Crippen molar-refractivity contribution in [2.45, 2.75) is 18.8 Å². The summed E-state index contributed by atoms with van der Waals surface area (Å²) in [6.07, 6.45) is 3.30. The van der Waals surface area contributed by atoms with Crippen LogP contribution in [0.25, 0.3) is 5.57 Å². The molecule has 0 aromatic heterocycles. The van der Waals surface area contributed by atoms with Crippen molar-refractivity contribution in [3.8, 4) is 5.75 Å². The van der Waals surface area contributed by atoms with Crippen LogP contribution in [0.2, 0.25) is 0 Å². The van der Waals surface area contributed by atoms with Gasteiger partial charge in [-0.3, -0.25) is 4.79 Å². The molecule has 0 bridgehead atoms. The molecule has 2 aromatic carbocycles. The molecule has 0 amide bonds. The first-order chi connectivity index (χ1) is 10.3. The number of hydrogen-bond donors (Lipinski definition) is 0. The summed E-state index contributed by atoms with van der Waals surface area (Å²) in [6, 6.07) is 18.2. The Morgan fingerprint density at radius 1 is 0.952 bits per heavy atom. The number of hydrogen-bond acceptors (Lipinski definition) is 2. The van der Waals surface area contributed by atoms with Crippen LogP contribution >= 0.6 is 0 Å². The summed E-state index contributed by atoms with van der Waals surface area (Å²) >= 11 is 0. The van der Waals surface area contributed by atoms with E-state index in [1.807, 2.05) is 42.5 Å². The largest absolute Gasteiger partial charge is 0.497 e. The van der Waals surface area contributed by atoms with Gasteiger partial charge < -0.3 is 4.74 Å². The molecule has 0 aliphatic heterocycles. The number of methoxy groups -OCH3 is 1. The fraction of sp³-hybridized carbons (Fsp3) is 0.211. The van der Waals surface area contributed by atoms with Crippen LogP contribution in [-0.2, 0) is 4.79 Å². The van der Waals surface area contributed by atoms with Crippen LogP contribution in [-0.4, -0.2) is 12.9 Å². The third-order valence-corrected chi connectivity index (χ3v) is 3.98. The second-order valence-corrected chi connectivity index (χ2v) is 5.38. The Bertz CT molecular complexity index is 654. The van der Waals surface area contributed by atoms with Gasteiger partial charge in [0.15, 0.2) is 5.78 Å². The summed E-state index contributed by atoms with van der Waals surface area (Å²) in [5, 5.41) is 0. The molecule has 1 atom stereocenters. The topological polar surface area (TPSA) is 26.3 Å². The lowest BCUT2D eigenvalue weighted by atomic mass is 9.81. The number of rotatable bonds is 3. The third-order valence-electron chi connectivity index (χ3n) is 3.98. The zero-order chi connectivity index (χ0) is 14.7. The maximum absolute atomic E-state index is 12.1. The number of carbonyl (C=O) groups is 1. The van der Waals surface area contributed by atoms with Crippen molar-refractivity contribution in [3.05, 3.63) is 71.8 Å². The van der Waals surface area contributed by atoms with Gasteiger partial charge in [0.05, 0.1) is 7.11 Å². The van der Waals surface area contributed by atoms with Gasteiger partial charge in [0.1, 0.15) is 5.75 Å². The molecule has 2 heteroatoms. The van der Waals surface area contributed by atoms with Gasteiger partial charge in [-0.05, 0) is 47.2 Å². The van der Waals surface area contributed by atoms with Crippen LogP contribution < -0.4 is 4.74 Å². The zero-order valence-corrected chi connectivity index (χ0v) is 12.1. The molecule has 0 unspecified atom stereocenters. The van der Waals surface area contributed by atoms with Crippen molar-refractivity contribution in [3.63, 3.8) is 0 Å². The van der Waals surface area contributed by atoms with Crippen LogP contribution in [0.15, 0.2) is 60.7 Å². The minimum Gasteiger partial charge on any atom is -0.497 e. The van der Waals surface area contributed by atoms with Crippen LogP contribution in [0, 0.1) is 0 Å². The fourth-order valence-corrected chi connectivity index (χ4v) is 2.86. The number of ether oxygens (including phenoxy) is 1. The number of ketones is 1. The van der Waals surface area contributed by atoms with Crippen LogP contribution in [0.1, 0.15) is 29.9 Å². The van der Waals surface area contributed by atoms with Crippen molar-refractivity contribution in [1.29, 1.82) is 0 Å². The van der Waals surface area contributed by atoms with E-state index >= 15 is 0 Å². The highest BCUT2D eigenvalue weighted by atomic mass is 16.5. The summed E-state index contributed by atoms with van der Waals surface area (Å²) in [5.74, 6) is 1.32. The van der Waals surface area contributed by atoms with Gasteiger partial charge in [0, 0.05) is 6.42 Å². The van der Waals surface area contributed by atoms with Crippen molar-refractivity contribution in [1.82, 2.24) is 0 Å². The minimum atomic E-state index is 0.209. The maximum atomic E-state index is 12.1. The Morgan fingerprint density at radius 3 is 2.33 bits per heavy atom. The van der Waals surface area contributed by atoms with Crippen LogP contribution in [0.5, 0.6) is 5.75 Å². The summed E-state index contributed by atoms with van der Waals surface area (Å²) in [4.78, 5) is 12.1. The average molecular weight is 278 g/mol. The number of carbonyl (C=O) groups excluding carboxylic acids is 1. The molecular formula is C19H18O2. The molecular weight excluding hydrogens is 260 g/mol. The zero-order valence-electron chi connectivity index (χ0n) is 12.1. The van der Waals surface area contributed by atoms with Crippen molar-refractivity contribution >= 4 is 11.4 Å². The van der Waals surface area contributed by atoms with E-state index < -0.39 is 0 Å². The molecule has 2 aromatic rings. The van der Waals surface area contributed by atoms with E-state index in [4.69, 9.17) is 4.74 Å². The van der Waals surface area contributed by atoms with Gasteiger partial charge in [0.25, 0.3) is 0 Å². The van der Waals surface area contributed by atoms with Gasteiger partial charge in [-0.15, -0.1) is 0 Å². The molecule has 106 valence electrons. The monoisotopic (exact) mass is 278 g/mol. The molecule has 21 heavy (non-hydrogen) atoms. The molecule has 0 fully saturated rings. The number of benzene rings is 2. The van der Waals surface area contributed by atoms with E-state index in [0.717, 1.165) is 23.3 Å².